The molecule has 0 aromatic carbocycles. The molecule has 0 spiro atoms. The number of guanidine groups is 1. The Morgan fingerprint density at radius 1 is 1.04 bits per heavy atom. The molecule has 0 atom stereocenters. The minimum Gasteiger partial charge on any atom is -0.356 e. The quantitative estimate of drug-likeness (QED) is 0.269. The molecule has 0 unspecified atom stereocenters. The van der Waals surface area contributed by atoms with Crippen LogP contribution >= 0.6 is 24.0 Å². The van der Waals surface area contributed by atoms with Gasteiger partial charge in [0.05, 0.1) is 0 Å². The third-order valence-electron chi connectivity index (χ3n) is 4.83. The summed E-state index contributed by atoms with van der Waals surface area (Å²) in [4.78, 5) is 18.7. The van der Waals surface area contributed by atoms with Gasteiger partial charge in [-0.2, -0.15) is 0 Å². The Morgan fingerprint density at radius 3 is 2.15 bits per heavy atom. The van der Waals surface area contributed by atoms with Gasteiger partial charge in [-0.05, 0) is 40.5 Å². The Hall–Kier alpha value is -0.570. The minimum absolute atomic E-state index is 0. The van der Waals surface area contributed by atoms with Crippen molar-refractivity contribution >= 4 is 35.8 Å². The Morgan fingerprint density at radius 2 is 1.62 bits per heavy atom. The van der Waals surface area contributed by atoms with Crippen molar-refractivity contribution in [3.8, 4) is 0 Å². The number of nitrogens with one attached hydrogen (secondary N) is 3. The highest BCUT2D eigenvalue weighted by atomic mass is 127. The molecule has 0 aliphatic heterocycles. The number of carbonyl (C=O) groups is 1. The molecule has 1 saturated carbocycles. The summed E-state index contributed by atoms with van der Waals surface area (Å²) < 4.78 is 0. The summed E-state index contributed by atoms with van der Waals surface area (Å²) in [6.07, 6.45) is 6.53. The van der Waals surface area contributed by atoms with E-state index < -0.39 is 0 Å². The highest BCUT2D eigenvalue weighted by Crippen LogP contribution is 2.17. The number of amides is 1. The van der Waals surface area contributed by atoms with Crippen LogP contribution in [0.15, 0.2) is 4.99 Å². The van der Waals surface area contributed by atoms with Crippen molar-refractivity contribution in [2.24, 2.45) is 4.99 Å². The van der Waals surface area contributed by atoms with Gasteiger partial charge in [0.2, 0.25) is 5.91 Å². The molecule has 0 saturated heterocycles. The van der Waals surface area contributed by atoms with E-state index in [1.165, 1.54) is 19.3 Å². The molecule has 1 aliphatic carbocycles. The lowest BCUT2D eigenvalue weighted by atomic mass is 9.95. The Labute approximate surface area is 177 Å². The fraction of sp³-hybridized carbons (Fsp3) is 0.895. The van der Waals surface area contributed by atoms with E-state index in [0.29, 0.717) is 31.1 Å². The number of rotatable bonds is 9. The van der Waals surface area contributed by atoms with Crippen LogP contribution in [0.25, 0.3) is 0 Å². The van der Waals surface area contributed by atoms with Crippen LogP contribution < -0.4 is 16.0 Å². The van der Waals surface area contributed by atoms with Crippen molar-refractivity contribution < 1.29 is 4.79 Å². The first-order valence-electron chi connectivity index (χ1n) is 9.93. The molecule has 1 fully saturated rings. The van der Waals surface area contributed by atoms with E-state index in [0.717, 1.165) is 31.9 Å². The van der Waals surface area contributed by atoms with Gasteiger partial charge in [0.15, 0.2) is 5.96 Å². The topological polar surface area (TPSA) is 68.8 Å². The summed E-state index contributed by atoms with van der Waals surface area (Å²) in [7, 11) is 1.76. The molecule has 0 radical (unpaired) electrons. The molecule has 3 N–H and O–H groups in total. The van der Waals surface area contributed by atoms with Gasteiger partial charge < -0.3 is 16.0 Å². The van der Waals surface area contributed by atoms with Gasteiger partial charge in [0.1, 0.15) is 0 Å². The predicted octanol–water partition coefficient (Wildman–Crippen LogP) is 2.73. The minimum atomic E-state index is 0. The molecular weight excluding hydrogens is 441 g/mol. The Kier molecular flexibility index (Phi) is 14.2. The molecule has 1 amide bonds. The first kappa shape index (κ1) is 25.4. The number of nitrogens with zero attached hydrogens (tertiary/aromatic N) is 2. The summed E-state index contributed by atoms with van der Waals surface area (Å²) in [6, 6.07) is 1.44. The molecule has 0 bridgehead atoms. The molecule has 1 rings (SSSR count). The predicted molar refractivity (Wildman–Crippen MR) is 121 cm³/mol. The van der Waals surface area contributed by atoms with Gasteiger partial charge in [-0.15, -0.1) is 24.0 Å². The number of hydrogen-bond donors (Lipinski definition) is 3. The highest BCUT2D eigenvalue weighted by molar-refractivity contribution is 14.0. The van der Waals surface area contributed by atoms with Gasteiger partial charge in [-0.25, -0.2) is 0 Å². The zero-order valence-electron chi connectivity index (χ0n) is 17.3. The maximum Gasteiger partial charge on any atom is 0.221 e. The molecule has 154 valence electrons. The fourth-order valence-electron chi connectivity index (χ4n) is 3.48. The molecular formula is C19H40IN5O. The van der Waals surface area contributed by atoms with Crippen LogP contribution in [0.2, 0.25) is 0 Å². The van der Waals surface area contributed by atoms with Gasteiger partial charge >= 0.3 is 0 Å². The van der Waals surface area contributed by atoms with Crippen molar-refractivity contribution in [1.29, 1.82) is 0 Å². The lowest BCUT2D eigenvalue weighted by Gasteiger charge is -2.30. The second-order valence-corrected chi connectivity index (χ2v) is 7.50. The second kappa shape index (κ2) is 14.5. The summed E-state index contributed by atoms with van der Waals surface area (Å²) in [5.74, 6) is 0.901. The molecule has 0 aromatic rings. The normalized spacial score (nSPS) is 15.9. The highest BCUT2D eigenvalue weighted by Gasteiger charge is 2.15. The number of aliphatic imine (C=N–C) groups is 1. The number of carbonyl (C=O) groups excluding carboxylic acids is 1. The van der Waals surface area contributed by atoms with Gasteiger partial charge in [-0.1, -0.05) is 19.3 Å². The molecule has 0 heterocycles. The smallest absolute Gasteiger partial charge is 0.221 e. The molecule has 7 heteroatoms. The first-order chi connectivity index (χ1) is 11.9. The summed E-state index contributed by atoms with van der Waals surface area (Å²) in [5, 5.41) is 9.71. The van der Waals surface area contributed by atoms with Crippen LogP contribution in [0.3, 0.4) is 0 Å². The van der Waals surface area contributed by atoms with E-state index in [1.54, 1.807) is 7.05 Å². The third kappa shape index (κ3) is 10.5. The van der Waals surface area contributed by atoms with Crippen molar-refractivity contribution in [1.82, 2.24) is 20.9 Å². The van der Waals surface area contributed by atoms with E-state index in [4.69, 9.17) is 0 Å². The lowest BCUT2D eigenvalue weighted by molar-refractivity contribution is -0.121. The van der Waals surface area contributed by atoms with Crippen molar-refractivity contribution in [2.75, 3.05) is 26.7 Å². The van der Waals surface area contributed by atoms with Gasteiger partial charge in [0.25, 0.3) is 0 Å². The van der Waals surface area contributed by atoms with Crippen molar-refractivity contribution in [2.45, 2.75) is 84.3 Å². The van der Waals surface area contributed by atoms with Crippen LogP contribution in [0.4, 0.5) is 0 Å². The second-order valence-electron chi connectivity index (χ2n) is 7.50. The van der Waals surface area contributed by atoms with Gasteiger partial charge in [0, 0.05) is 51.2 Å². The number of halogens is 1. The third-order valence-corrected chi connectivity index (χ3v) is 4.83. The van der Waals surface area contributed by atoms with Gasteiger partial charge in [-0.3, -0.25) is 14.7 Å². The van der Waals surface area contributed by atoms with E-state index in [-0.39, 0.29) is 29.9 Å². The SMILES string of the molecule is CN=C(NCCC(=O)NC1CCCCC1)NCCN(C(C)C)C(C)C.I. The maximum atomic E-state index is 12.0. The maximum absolute atomic E-state index is 12.0. The zero-order valence-corrected chi connectivity index (χ0v) is 19.6. The van der Waals surface area contributed by atoms with E-state index in [2.05, 4.69) is 53.5 Å². The van der Waals surface area contributed by atoms with E-state index in [1.807, 2.05) is 0 Å². The van der Waals surface area contributed by atoms with E-state index in [9.17, 15) is 4.79 Å². The first-order valence-corrected chi connectivity index (χ1v) is 9.93. The van der Waals surface area contributed by atoms with Crippen molar-refractivity contribution in [3.63, 3.8) is 0 Å². The molecule has 0 aromatic heterocycles. The van der Waals surface area contributed by atoms with Crippen LogP contribution in [-0.2, 0) is 4.79 Å². The summed E-state index contributed by atoms with van der Waals surface area (Å²) >= 11 is 0. The molecule has 26 heavy (non-hydrogen) atoms. The largest absolute Gasteiger partial charge is 0.356 e. The molecule has 1 aliphatic rings. The monoisotopic (exact) mass is 481 g/mol. The Bertz CT molecular complexity index is 401. The van der Waals surface area contributed by atoms with Crippen LogP contribution in [0.1, 0.15) is 66.2 Å². The van der Waals surface area contributed by atoms with Crippen molar-refractivity contribution in [3.05, 3.63) is 0 Å². The van der Waals surface area contributed by atoms with E-state index >= 15 is 0 Å². The lowest BCUT2D eigenvalue weighted by Crippen LogP contribution is -2.46. The van der Waals surface area contributed by atoms with Crippen LogP contribution in [0, 0.1) is 0 Å². The summed E-state index contributed by atoms with van der Waals surface area (Å²) in [6.45, 7) is 11.3. The van der Waals surface area contributed by atoms with Crippen LogP contribution in [-0.4, -0.2) is 61.6 Å². The Balaban J connectivity index is 0.00000625. The zero-order chi connectivity index (χ0) is 18.7. The average molecular weight is 481 g/mol. The number of hydrogen-bond acceptors (Lipinski definition) is 3. The van der Waals surface area contributed by atoms with Crippen LogP contribution in [0.5, 0.6) is 0 Å². The average Bonchev–Trinajstić information content (AvgIpc) is 2.57. The standard InChI is InChI=1S/C19H39N5O.HI/c1-15(2)24(16(3)4)14-13-22-19(20-5)21-12-11-18(25)23-17-9-7-6-8-10-17;/h15-17H,6-14H2,1-5H3,(H,23,25)(H2,20,21,22);1H. The molecule has 6 nitrogen and oxygen atoms in total. The summed E-state index contributed by atoms with van der Waals surface area (Å²) in [5.41, 5.74) is 0. The fourth-order valence-corrected chi connectivity index (χ4v) is 3.48.